The third-order valence-corrected chi connectivity index (χ3v) is 2.69. The molecule has 0 amide bonds. The summed E-state index contributed by atoms with van der Waals surface area (Å²) in [7, 11) is 0. The molecule has 2 N–H and O–H groups in total. The van der Waals surface area contributed by atoms with Crippen molar-refractivity contribution >= 4 is 18.0 Å². The molecular weight excluding hydrogens is 182 g/mol. The first-order valence-corrected chi connectivity index (χ1v) is 5.23. The van der Waals surface area contributed by atoms with Crippen molar-refractivity contribution in [2.45, 2.75) is 11.8 Å². The Morgan fingerprint density at radius 3 is 2.69 bits per heavy atom. The summed E-state index contributed by atoms with van der Waals surface area (Å²) in [5.41, 5.74) is 6.65. The summed E-state index contributed by atoms with van der Waals surface area (Å²) in [6.45, 7) is 0. The number of hydrogen-bond acceptors (Lipinski definition) is 3. The summed E-state index contributed by atoms with van der Waals surface area (Å²) in [6, 6.07) is 9.66. The number of benzene rings is 1. The minimum Gasteiger partial charge on any atom is -0.320 e. The molecule has 0 aliphatic heterocycles. The van der Waals surface area contributed by atoms with Crippen LogP contribution in [0.2, 0.25) is 0 Å². The maximum atomic E-state index is 10.1. The smallest absolute Gasteiger partial charge is 0.217 e. The van der Waals surface area contributed by atoms with E-state index < -0.39 is 6.04 Å². The van der Waals surface area contributed by atoms with Crippen LogP contribution in [0, 0.1) is 0 Å². The van der Waals surface area contributed by atoms with Crippen LogP contribution in [0.1, 0.15) is 5.56 Å². The monoisotopic (exact) mass is 194 g/mol. The Balaban J connectivity index is 2.24. The first-order valence-electron chi connectivity index (χ1n) is 4.08. The highest BCUT2D eigenvalue weighted by atomic mass is 32.2. The van der Waals surface area contributed by atoms with Gasteiger partial charge in [-0.25, -0.2) is 0 Å². The molecule has 0 aliphatic carbocycles. The summed E-state index contributed by atoms with van der Waals surface area (Å²) < 4.78 is 0. The zero-order valence-corrected chi connectivity index (χ0v) is 8.09. The molecule has 0 aromatic heterocycles. The van der Waals surface area contributed by atoms with E-state index in [1.165, 1.54) is 5.56 Å². The highest BCUT2D eigenvalue weighted by Crippen LogP contribution is 2.11. The zero-order valence-electron chi connectivity index (χ0n) is 7.27. The lowest BCUT2D eigenvalue weighted by Gasteiger charge is -2.02. The predicted molar refractivity (Wildman–Crippen MR) is 56.3 cm³/mol. The van der Waals surface area contributed by atoms with Crippen LogP contribution >= 0.6 is 11.8 Å². The molecule has 1 rings (SSSR count). The minimum absolute atomic E-state index is 0.450. The molecule has 1 aromatic carbocycles. The maximum Gasteiger partial charge on any atom is 0.217 e. The summed E-state index contributed by atoms with van der Waals surface area (Å²) >= 11 is 1.65. The van der Waals surface area contributed by atoms with E-state index in [4.69, 9.17) is 5.73 Å². The van der Waals surface area contributed by atoms with Gasteiger partial charge in [-0.15, -0.1) is 0 Å². The van der Waals surface area contributed by atoms with Crippen molar-refractivity contribution < 1.29 is 4.79 Å². The second-order valence-electron chi connectivity index (χ2n) is 2.73. The molecule has 0 saturated heterocycles. The molecule has 1 atom stereocenters. The van der Waals surface area contributed by atoms with Crippen molar-refractivity contribution in [2.75, 3.05) is 5.75 Å². The Hall–Kier alpha value is -0.800. The molecule has 0 heterocycles. The fourth-order valence-corrected chi connectivity index (χ4v) is 1.78. The molecule has 0 aliphatic rings. The SMILES string of the molecule is N[C@H]([C]=O)CSCc1ccccc1. The van der Waals surface area contributed by atoms with E-state index in [-0.39, 0.29) is 0 Å². The number of rotatable bonds is 5. The van der Waals surface area contributed by atoms with Crippen molar-refractivity contribution in [2.24, 2.45) is 5.73 Å². The van der Waals surface area contributed by atoms with Gasteiger partial charge in [-0.05, 0) is 5.56 Å². The standard InChI is InChI=1S/C10H12NOS/c11-10(6-12)8-13-7-9-4-2-1-3-5-9/h1-5,10H,7-8,11H2/t10-/m1/s1. The van der Waals surface area contributed by atoms with Gasteiger partial charge in [0.15, 0.2) is 0 Å². The van der Waals surface area contributed by atoms with Gasteiger partial charge in [-0.1, -0.05) is 30.3 Å². The van der Waals surface area contributed by atoms with Crippen molar-refractivity contribution in [3.8, 4) is 0 Å². The fraction of sp³-hybridized carbons (Fsp3) is 0.300. The van der Waals surface area contributed by atoms with Crippen molar-refractivity contribution in [1.29, 1.82) is 0 Å². The van der Waals surface area contributed by atoms with E-state index >= 15 is 0 Å². The maximum absolute atomic E-state index is 10.1. The largest absolute Gasteiger partial charge is 0.320 e. The van der Waals surface area contributed by atoms with Crippen LogP contribution in [0.5, 0.6) is 0 Å². The highest BCUT2D eigenvalue weighted by Gasteiger charge is 2.00. The van der Waals surface area contributed by atoms with Gasteiger partial charge in [0, 0.05) is 11.5 Å². The highest BCUT2D eigenvalue weighted by molar-refractivity contribution is 7.98. The number of hydrogen-bond donors (Lipinski definition) is 1. The first kappa shape index (κ1) is 10.3. The lowest BCUT2D eigenvalue weighted by atomic mass is 10.2. The van der Waals surface area contributed by atoms with E-state index in [2.05, 4.69) is 12.1 Å². The lowest BCUT2D eigenvalue weighted by Crippen LogP contribution is -2.24. The summed E-state index contributed by atoms with van der Waals surface area (Å²) in [5, 5.41) is 0. The second kappa shape index (κ2) is 5.78. The molecule has 3 heteroatoms. The van der Waals surface area contributed by atoms with Crippen LogP contribution < -0.4 is 5.73 Å². The van der Waals surface area contributed by atoms with Gasteiger partial charge in [0.1, 0.15) is 0 Å². The van der Waals surface area contributed by atoms with Crippen LogP contribution in [0.25, 0.3) is 0 Å². The molecule has 0 bridgehead atoms. The van der Waals surface area contributed by atoms with Gasteiger partial charge in [-0.2, -0.15) is 11.8 Å². The number of carbonyl (C=O) groups excluding carboxylic acids is 1. The Kier molecular flexibility index (Phi) is 4.57. The van der Waals surface area contributed by atoms with Gasteiger partial charge in [0.05, 0.1) is 6.04 Å². The molecule has 0 saturated carbocycles. The van der Waals surface area contributed by atoms with Gasteiger partial charge >= 0.3 is 0 Å². The van der Waals surface area contributed by atoms with E-state index in [0.717, 1.165) is 5.75 Å². The quantitative estimate of drug-likeness (QED) is 0.769. The molecule has 0 unspecified atom stereocenters. The van der Waals surface area contributed by atoms with Gasteiger partial charge < -0.3 is 5.73 Å². The van der Waals surface area contributed by atoms with Crippen molar-refractivity contribution in [1.82, 2.24) is 0 Å². The molecule has 1 radical (unpaired) electrons. The van der Waals surface area contributed by atoms with Gasteiger partial charge in [0.25, 0.3) is 0 Å². The predicted octanol–water partition coefficient (Wildman–Crippen LogP) is 1.36. The summed E-state index contributed by atoms with van der Waals surface area (Å²) in [4.78, 5) is 10.1. The lowest BCUT2D eigenvalue weighted by molar-refractivity contribution is 0.546. The van der Waals surface area contributed by atoms with Gasteiger partial charge in [0.2, 0.25) is 6.29 Å². The molecule has 69 valence electrons. The number of thioether (sulfide) groups is 1. The summed E-state index contributed by atoms with van der Waals surface area (Å²) in [6.07, 6.45) is 1.76. The topological polar surface area (TPSA) is 43.1 Å². The second-order valence-corrected chi connectivity index (χ2v) is 3.76. The Morgan fingerprint density at radius 2 is 2.08 bits per heavy atom. The van der Waals surface area contributed by atoms with Crippen molar-refractivity contribution in [3.05, 3.63) is 35.9 Å². The van der Waals surface area contributed by atoms with E-state index in [1.54, 1.807) is 18.0 Å². The fourth-order valence-electron chi connectivity index (χ4n) is 0.912. The Morgan fingerprint density at radius 1 is 1.38 bits per heavy atom. The molecule has 1 aromatic rings. The van der Waals surface area contributed by atoms with Crippen molar-refractivity contribution in [3.63, 3.8) is 0 Å². The molecule has 0 spiro atoms. The minimum atomic E-state index is -0.450. The number of nitrogens with two attached hydrogens (primary N) is 1. The molecule has 2 nitrogen and oxygen atoms in total. The van der Waals surface area contributed by atoms with Crippen LogP contribution in [0.4, 0.5) is 0 Å². The third-order valence-electron chi connectivity index (χ3n) is 1.56. The normalized spacial score (nSPS) is 12.4. The Labute approximate surface area is 82.5 Å². The summed E-state index contributed by atoms with van der Waals surface area (Å²) in [5.74, 6) is 1.54. The van der Waals surface area contributed by atoms with Crippen LogP contribution in [-0.2, 0) is 10.5 Å². The van der Waals surface area contributed by atoms with Gasteiger partial charge in [-0.3, -0.25) is 4.79 Å². The van der Waals surface area contributed by atoms with Crippen LogP contribution in [-0.4, -0.2) is 18.1 Å². The molecule has 13 heavy (non-hydrogen) atoms. The van der Waals surface area contributed by atoms with E-state index in [1.807, 2.05) is 18.2 Å². The first-order chi connectivity index (χ1) is 6.33. The average Bonchev–Trinajstić information content (AvgIpc) is 2.19. The molecular formula is C10H12NOS. The third kappa shape index (κ3) is 4.10. The Bertz CT molecular complexity index is 250. The van der Waals surface area contributed by atoms with E-state index in [0.29, 0.717) is 5.75 Å². The molecule has 0 fully saturated rings. The van der Waals surface area contributed by atoms with Crippen LogP contribution in [0.15, 0.2) is 30.3 Å². The average molecular weight is 194 g/mol. The van der Waals surface area contributed by atoms with Crippen LogP contribution in [0.3, 0.4) is 0 Å². The van der Waals surface area contributed by atoms with E-state index in [9.17, 15) is 4.79 Å². The zero-order chi connectivity index (χ0) is 9.52.